The van der Waals surface area contributed by atoms with Crippen molar-refractivity contribution in [3.05, 3.63) is 24.0 Å². The number of aromatic amines is 1. The van der Waals surface area contributed by atoms with E-state index in [1.54, 1.807) is 6.20 Å². The Hall–Kier alpha value is -1.43. The molecule has 2 fully saturated rings. The van der Waals surface area contributed by atoms with Crippen molar-refractivity contribution in [3.63, 3.8) is 0 Å². The van der Waals surface area contributed by atoms with Gasteiger partial charge in [0.25, 0.3) is 5.91 Å². The Kier molecular flexibility index (Phi) is 5.30. The average Bonchev–Trinajstić information content (AvgIpc) is 3.10. The number of nitrogens with one attached hydrogen (secondary N) is 1. The minimum atomic E-state index is 0.0827. The minimum absolute atomic E-state index is 0.0827. The van der Waals surface area contributed by atoms with E-state index in [-0.39, 0.29) is 5.91 Å². The highest BCUT2D eigenvalue weighted by atomic mass is 32.2. The molecule has 6 heteroatoms. The number of hydrogen-bond donors (Lipinski definition) is 1. The Balaban J connectivity index is 1.63. The lowest BCUT2D eigenvalue weighted by Gasteiger charge is -2.47. The predicted molar refractivity (Wildman–Crippen MR) is 92.5 cm³/mol. The normalized spacial score (nSPS) is 24.7. The molecule has 1 aromatic heterocycles. The van der Waals surface area contributed by atoms with E-state index in [1.165, 1.54) is 0 Å². The number of piperidine rings is 2. The molecule has 2 aliphatic rings. The van der Waals surface area contributed by atoms with Gasteiger partial charge >= 0.3 is 0 Å². The van der Waals surface area contributed by atoms with Crippen molar-refractivity contribution < 1.29 is 9.59 Å². The molecule has 0 spiro atoms. The van der Waals surface area contributed by atoms with Gasteiger partial charge in [0.05, 0.1) is 0 Å². The SMILES string of the molecule is CSCCCN1C(=O)CCC2CN(C(=O)c3ccc[nH]3)CCC21. The quantitative estimate of drug-likeness (QED) is 0.840. The molecule has 0 aliphatic carbocycles. The maximum absolute atomic E-state index is 12.5. The van der Waals surface area contributed by atoms with Crippen LogP contribution in [0, 0.1) is 5.92 Å². The fraction of sp³-hybridized carbons (Fsp3) is 0.647. The van der Waals surface area contributed by atoms with Crippen LogP contribution in [-0.4, -0.2) is 64.3 Å². The van der Waals surface area contributed by atoms with E-state index >= 15 is 0 Å². The topological polar surface area (TPSA) is 56.4 Å². The molecule has 3 heterocycles. The third kappa shape index (κ3) is 3.57. The van der Waals surface area contributed by atoms with Gasteiger partial charge in [-0.25, -0.2) is 0 Å². The van der Waals surface area contributed by atoms with Crippen LogP contribution in [0.3, 0.4) is 0 Å². The van der Waals surface area contributed by atoms with Crippen molar-refractivity contribution in [2.45, 2.75) is 31.7 Å². The number of rotatable bonds is 5. The Bertz CT molecular complexity index is 546. The van der Waals surface area contributed by atoms with Gasteiger partial charge in [0.15, 0.2) is 0 Å². The highest BCUT2D eigenvalue weighted by molar-refractivity contribution is 7.98. The Morgan fingerprint density at radius 2 is 2.30 bits per heavy atom. The first-order chi connectivity index (χ1) is 11.2. The smallest absolute Gasteiger partial charge is 0.270 e. The summed E-state index contributed by atoms with van der Waals surface area (Å²) >= 11 is 1.83. The molecule has 0 bridgehead atoms. The first-order valence-electron chi connectivity index (χ1n) is 8.41. The van der Waals surface area contributed by atoms with Crippen LogP contribution in [0.1, 0.15) is 36.2 Å². The Labute approximate surface area is 141 Å². The molecule has 5 nitrogen and oxygen atoms in total. The maximum atomic E-state index is 12.5. The molecule has 2 unspecified atom stereocenters. The molecular weight excluding hydrogens is 310 g/mol. The van der Waals surface area contributed by atoms with Crippen LogP contribution in [0.5, 0.6) is 0 Å². The molecule has 2 aliphatic heterocycles. The van der Waals surface area contributed by atoms with Crippen LogP contribution in [-0.2, 0) is 4.79 Å². The summed E-state index contributed by atoms with van der Waals surface area (Å²) in [6.45, 7) is 2.38. The van der Waals surface area contributed by atoms with Gasteiger partial charge < -0.3 is 14.8 Å². The zero-order valence-corrected chi connectivity index (χ0v) is 14.5. The first kappa shape index (κ1) is 16.4. The van der Waals surface area contributed by atoms with Gasteiger partial charge in [0, 0.05) is 38.3 Å². The van der Waals surface area contributed by atoms with Crippen molar-refractivity contribution >= 4 is 23.6 Å². The van der Waals surface area contributed by atoms with E-state index in [0.717, 1.165) is 44.6 Å². The zero-order valence-electron chi connectivity index (χ0n) is 13.7. The maximum Gasteiger partial charge on any atom is 0.270 e. The van der Waals surface area contributed by atoms with E-state index in [9.17, 15) is 9.59 Å². The van der Waals surface area contributed by atoms with Gasteiger partial charge in [0.2, 0.25) is 5.91 Å². The summed E-state index contributed by atoms with van der Waals surface area (Å²) in [5.74, 6) is 1.91. The minimum Gasteiger partial charge on any atom is -0.357 e. The Morgan fingerprint density at radius 1 is 1.43 bits per heavy atom. The van der Waals surface area contributed by atoms with Crippen molar-refractivity contribution in [2.75, 3.05) is 31.6 Å². The summed E-state index contributed by atoms with van der Waals surface area (Å²) in [4.78, 5) is 31.8. The molecule has 0 radical (unpaired) electrons. The van der Waals surface area contributed by atoms with Crippen LogP contribution >= 0.6 is 11.8 Å². The lowest BCUT2D eigenvalue weighted by molar-refractivity contribution is -0.140. The number of thioether (sulfide) groups is 1. The van der Waals surface area contributed by atoms with Gasteiger partial charge in [-0.3, -0.25) is 9.59 Å². The van der Waals surface area contributed by atoms with E-state index < -0.39 is 0 Å². The first-order valence-corrected chi connectivity index (χ1v) is 9.81. The second-order valence-electron chi connectivity index (χ2n) is 6.42. The second kappa shape index (κ2) is 7.43. The summed E-state index contributed by atoms with van der Waals surface area (Å²) < 4.78 is 0. The lowest BCUT2D eigenvalue weighted by Crippen LogP contribution is -2.57. The summed E-state index contributed by atoms with van der Waals surface area (Å²) in [5.41, 5.74) is 0.659. The number of carbonyl (C=O) groups excluding carboxylic acids is 2. The van der Waals surface area contributed by atoms with Gasteiger partial charge in [-0.2, -0.15) is 11.8 Å². The van der Waals surface area contributed by atoms with Crippen LogP contribution in [0.2, 0.25) is 0 Å². The molecule has 1 N–H and O–H groups in total. The van der Waals surface area contributed by atoms with Crippen LogP contribution in [0.15, 0.2) is 18.3 Å². The molecular formula is C17H25N3O2S. The van der Waals surface area contributed by atoms with Crippen molar-refractivity contribution in [1.82, 2.24) is 14.8 Å². The molecule has 23 heavy (non-hydrogen) atoms. The average molecular weight is 335 g/mol. The Morgan fingerprint density at radius 3 is 3.04 bits per heavy atom. The van der Waals surface area contributed by atoms with Crippen LogP contribution < -0.4 is 0 Å². The van der Waals surface area contributed by atoms with Gasteiger partial charge in [-0.1, -0.05) is 0 Å². The molecule has 0 saturated carbocycles. The van der Waals surface area contributed by atoms with Crippen molar-refractivity contribution in [1.29, 1.82) is 0 Å². The van der Waals surface area contributed by atoms with Gasteiger partial charge in [-0.15, -0.1) is 0 Å². The monoisotopic (exact) mass is 335 g/mol. The third-order valence-corrected chi connectivity index (χ3v) is 5.70. The van der Waals surface area contributed by atoms with E-state index in [2.05, 4.69) is 16.1 Å². The molecule has 1 aromatic rings. The predicted octanol–water partition coefficient (Wildman–Crippen LogP) is 2.22. The van der Waals surface area contributed by atoms with Crippen LogP contribution in [0.25, 0.3) is 0 Å². The zero-order chi connectivity index (χ0) is 16.2. The highest BCUT2D eigenvalue weighted by Crippen LogP contribution is 2.32. The number of nitrogens with zero attached hydrogens (tertiary/aromatic N) is 2. The molecule has 2 atom stereocenters. The van der Waals surface area contributed by atoms with Gasteiger partial charge in [0.1, 0.15) is 5.69 Å². The molecule has 2 amide bonds. The fourth-order valence-corrected chi connectivity index (χ4v) is 4.26. The molecule has 0 aromatic carbocycles. The standard InChI is InChI=1S/C17H25N3O2S/c1-23-11-3-9-20-15-7-10-19(12-13(15)5-6-16(20)21)17(22)14-4-2-8-18-14/h2,4,8,13,15,18H,3,5-7,9-12H2,1H3. The number of aromatic nitrogens is 1. The van der Waals surface area contributed by atoms with Gasteiger partial charge in [-0.05, 0) is 49.3 Å². The number of carbonyl (C=O) groups is 2. The largest absolute Gasteiger partial charge is 0.357 e. The summed E-state index contributed by atoms with van der Waals surface area (Å²) in [7, 11) is 0. The van der Waals surface area contributed by atoms with Crippen LogP contribution in [0.4, 0.5) is 0 Å². The number of fused-ring (bicyclic) bond motifs is 1. The summed E-state index contributed by atoms with van der Waals surface area (Å²) in [6.07, 6.45) is 7.39. The molecule has 2 saturated heterocycles. The number of likely N-dealkylation sites (tertiary alicyclic amines) is 2. The summed E-state index contributed by atoms with van der Waals surface area (Å²) in [6, 6.07) is 4.01. The van der Waals surface area contributed by atoms with Crippen molar-refractivity contribution in [3.8, 4) is 0 Å². The highest BCUT2D eigenvalue weighted by Gasteiger charge is 2.40. The molecule has 126 valence electrons. The van der Waals surface area contributed by atoms with E-state index in [0.29, 0.717) is 30.0 Å². The van der Waals surface area contributed by atoms with E-state index in [4.69, 9.17) is 0 Å². The molecule has 3 rings (SSSR count). The van der Waals surface area contributed by atoms with Crippen molar-refractivity contribution in [2.24, 2.45) is 5.92 Å². The fourth-order valence-electron chi connectivity index (χ4n) is 3.84. The second-order valence-corrected chi connectivity index (χ2v) is 7.41. The number of amides is 2. The third-order valence-electron chi connectivity index (χ3n) is 5.01. The lowest BCUT2D eigenvalue weighted by atomic mass is 9.83. The summed E-state index contributed by atoms with van der Waals surface area (Å²) in [5, 5.41) is 0. The number of hydrogen-bond acceptors (Lipinski definition) is 3. The number of H-pyrrole nitrogens is 1. The van der Waals surface area contributed by atoms with E-state index in [1.807, 2.05) is 28.8 Å².